The fourth-order valence-corrected chi connectivity index (χ4v) is 16.1. The van der Waals surface area contributed by atoms with Gasteiger partial charge in [-0.05, 0) is 140 Å². The molecule has 6 aromatic heterocycles. The Morgan fingerprint density at radius 2 is 0.726 bits per heavy atom. The second kappa shape index (κ2) is 40.8. The van der Waals surface area contributed by atoms with E-state index in [-0.39, 0.29) is 178 Å². The van der Waals surface area contributed by atoms with Gasteiger partial charge in [0.1, 0.15) is 50.5 Å². The highest BCUT2D eigenvalue weighted by Gasteiger charge is 2.35. The van der Waals surface area contributed by atoms with Crippen molar-refractivity contribution < 1.29 is 92.3 Å². The fourth-order valence-electron chi connectivity index (χ4n) is 11.6. The summed E-state index contributed by atoms with van der Waals surface area (Å²) in [4.78, 5) is 67.7. The van der Waals surface area contributed by atoms with Gasteiger partial charge in [-0.3, -0.25) is 56.6 Å². The van der Waals surface area contributed by atoms with E-state index in [4.69, 9.17) is 133 Å². The van der Waals surface area contributed by atoms with Gasteiger partial charge in [0.2, 0.25) is 17.8 Å². The van der Waals surface area contributed by atoms with E-state index in [0.29, 0.717) is 70.4 Å². The number of fused-ring (bicyclic) bond motifs is 3. The lowest BCUT2D eigenvalue weighted by Gasteiger charge is -2.19. The van der Waals surface area contributed by atoms with Crippen molar-refractivity contribution in [1.29, 1.82) is 0 Å². The van der Waals surface area contributed by atoms with Crippen LogP contribution >= 0.6 is 69.2 Å². The van der Waals surface area contributed by atoms with E-state index in [1.807, 2.05) is 0 Å². The van der Waals surface area contributed by atoms with Crippen LogP contribution in [-0.4, -0.2) is 117 Å². The first-order valence-corrected chi connectivity index (χ1v) is 43.5. The zero-order chi connectivity index (χ0) is 87.8. The standard InChI is InChI=1S/C27H26ClFN5O7P.C26H24Cl2N5O7P.C26H24ClFN5O7P/c1-16-6-7-19(11-21(16)29)24-22(40-17(2)41-24)13-39-42(36,38-12-18-4-3-5-20(28)10-18)15-37-9-8-34-14-31-23-25(34)32-27(30)33-26(23)35;1-16-39-21(23(40-16)18-5-7-19(27)8-6-18)13-38-41(35,37-12-17-3-2-4-20(28)11-17)15-36-10-9-33-14-30-22-24(33)31-26(29)32-25(22)34;1-16-39-21(23(40-16)18-5-7-20(28)8-6-18)13-38-41(35,37-12-17-3-2-4-19(27)11-17)15-36-10-9-33-14-30-22-24(33)31-26(29)32-25(22)34/h3-7,10-11,14H,2,8-9,12-13,15H2,1H3,(H3,30,32,33,35);2*2-8,11,14H,1,9-10,12-13,15H2,(H3,29,31,32,34). The molecule has 15 rings (SSSR count). The van der Waals surface area contributed by atoms with Crippen LogP contribution in [0.3, 0.4) is 0 Å². The number of nitrogen functional groups attached to an aromatic ring is 3. The van der Waals surface area contributed by atoms with E-state index >= 15 is 0 Å². The zero-order valence-electron chi connectivity index (χ0n) is 65.2. The van der Waals surface area contributed by atoms with Gasteiger partial charge in [-0.1, -0.05) is 94.9 Å². The van der Waals surface area contributed by atoms with Crippen molar-refractivity contribution in [2.24, 2.45) is 0 Å². The second-order valence-corrected chi connectivity index (χ2v) is 34.4. The number of anilines is 3. The van der Waals surface area contributed by atoms with Crippen molar-refractivity contribution in [2.45, 2.75) is 46.4 Å². The first-order valence-electron chi connectivity index (χ1n) is 36.8. The van der Waals surface area contributed by atoms with Crippen LogP contribution < -0.4 is 33.9 Å². The summed E-state index contributed by atoms with van der Waals surface area (Å²) < 4.78 is 159. The van der Waals surface area contributed by atoms with Gasteiger partial charge in [-0.25, -0.2) is 23.7 Å². The number of aromatic nitrogens is 12. The maximum absolute atomic E-state index is 14.2. The number of aryl methyl sites for hydroxylation is 1. The van der Waals surface area contributed by atoms with Crippen LogP contribution in [0.25, 0.3) is 50.8 Å². The molecule has 36 nitrogen and oxygen atoms in total. The first-order chi connectivity index (χ1) is 59.5. The van der Waals surface area contributed by atoms with E-state index < -0.39 is 63.8 Å². The molecule has 0 aliphatic carbocycles. The second-order valence-electron chi connectivity index (χ2n) is 26.6. The van der Waals surface area contributed by atoms with Crippen molar-refractivity contribution >= 4 is 138 Å². The van der Waals surface area contributed by atoms with Gasteiger partial charge in [0.25, 0.3) is 34.5 Å². The highest BCUT2D eigenvalue weighted by Crippen LogP contribution is 2.53. The van der Waals surface area contributed by atoms with Crippen LogP contribution in [0, 0.1) is 18.6 Å². The smallest absolute Gasteiger partial charge is 0.356 e. The van der Waals surface area contributed by atoms with Gasteiger partial charge in [-0.2, -0.15) is 15.0 Å². The summed E-state index contributed by atoms with van der Waals surface area (Å²) in [6, 6.07) is 37.6. The fraction of sp³-hybridized carbons (Fsp3) is 0.203. The Morgan fingerprint density at radius 1 is 0.411 bits per heavy atom. The van der Waals surface area contributed by atoms with Gasteiger partial charge in [-0.15, -0.1) is 0 Å². The summed E-state index contributed by atoms with van der Waals surface area (Å²) in [5.41, 5.74) is 20.9. The molecule has 0 spiro atoms. The monoisotopic (exact) mass is 1840 g/mol. The van der Waals surface area contributed by atoms with Crippen LogP contribution in [0.5, 0.6) is 0 Å². The molecule has 0 bridgehead atoms. The number of halogens is 6. The van der Waals surface area contributed by atoms with Crippen LogP contribution in [0.1, 0.15) is 38.9 Å². The Kier molecular flexibility index (Phi) is 29.6. The number of ether oxygens (including phenoxy) is 9. The lowest BCUT2D eigenvalue weighted by atomic mass is 10.1. The Hall–Kier alpha value is -11.6. The summed E-state index contributed by atoms with van der Waals surface area (Å²) in [6.07, 6.45) is 3.05. The summed E-state index contributed by atoms with van der Waals surface area (Å²) in [6.45, 7) is 12.3. The Balaban J connectivity index is 0.000000160. The number of nitrogens with two attached hydrogens (primary N) is 3. The van der Waals surface area contributed by atoms with E-state index in [2.05, 4.69) is 64.6 Å². The number of hydrogen-bond acceptors (Lipinski definition) is 30. The number of imidazole rings is 3. The molecule has 6 aromatic carbocycles. The minimum absolute atomic E-state index is 0.0190. The van der Waals surface area contributed by atoms with Gasteiger partial charge in [0.05, 0.1) is 58.6 Å². The normalized spacial score (nSPS) is 14.7. The lowest BCUT2D eigenvalue weighted by Crippen LogP contribution is -2.13. The van der Waals surface area contributed by atoms with Gasteiger partial charge in [0.15, 0.2) is 68.0 Å². The molecule has 648 valence electrons. The number of hydrogen-bond donors (Lipinski definition) is 6. The zero-order valence-corrected chi connectivity index (χ0v) is 70.9. The molecule has 124 heavy (non-hydrogen) atoms. The van der Waals surface area contributed by atoms with Crippen molar-refractivity contribution in [3.8, 4) is 0 Å². The van der Waals surface area contributed by atoms with Crippen molar-refractivity contribution in [3.05, 3.63) is 315 Å². The quantitative estimate of drug-likeness (QED) is 0.0157. The SMILES string of the molecule is C=C1OC(COP(=O)(COCCn2cnc3c(=O)[nH]c(N)nc32)OCc2cccc(Cl)c2)=C(c2ccc(C)c(F)c2)O1.C=C1OC(COP(=O)(COCCn2cnc3c(=O)[nH]c(N)nc32)OCc2cccc(Cl)c2)=C(c2ccc(Cl)cc2)O1.C=C1OC(COP(=O)(COCCn2cnc3c(=O)[nH]c(N)nc32)OCc2cccc(Cl)c2)=C(c2ccc(F)cc2)O1. The molecule has 3 aliphatic rings. The molecular weight excluding hydrogens is 1770 g/mol. The summed E-state index contributed by atoms with van der Waals surface area (Å²) >= 11 is 24.2. The molecule has 9 N–H and O–H groups in total. The van der Waals surface area contributed by atoms with Gasteiger partial charge < -0.3 is 87.1 Å². The van der Waals surface area contributed by atoms with Crippen LogP contribution in [0.15, 0.2) is 228 Å². The molecule has 0 fully saturated rings. The molecule has 9 heterocycles. The van der Waals surface area contributed by atoms with Gasteiger partial charge in [0, 0.05) is 56.4 Å². The molecular formula is C79H74Cl4F2N15O21P3. The molecule has 3 aliphatic heterocycles. The number of nitrogens with one attached hydrogen (secondary N) is 3. The first kappa shape index (κ1) is 90.1. The third kappa shape index (κ3) is 24.0. The highest BCUT2D eigenvalue weighted by molar-refractivity contribution is 7.54. The summed E-state index contributed by atoms with van der Waals surface area (Å²) in [7, 11) is -11.7. The summed E-state index contributed by atoms with van der Waals surface area (Å²) in [5, 5.41) is 2.03. The van der Waals surface area contributed by atoms with Crippen LogP contribution in [0.2, 0.25) is 20.1 Å². The van der Waals surface area contributed by atoms with Gasteiger partial charge >= 0.3 is 22.8 Å². The number of nitrogens with zero attached hydrogens (tertiary/aromatic N) is 9. The van der Waals surface area contributed by atoms with Crippen molar-refractivity contribution in [2.75, 3.05) is 75.9 Å². The lowest BCUT2D eigenvalue weighted by molar-refractivity contribution is 0.114. The maximum atomic E-state index is 14.2. The average molecular weight is 1840 g/mol. The van der Waals surface area contributed by atoms with Crippen LogP contribution in [0.4, 0.5) is 26.6 Å². The predicted molar refractivity (Wildman–Crippen MR) is 453 cm³/mol. The Bertz CT molecular complexity index is 6200. The van der Waals surface area contributed by atoms with Crippen LogP contribution in [-0.2, 0) is 123 Å². The Labute approximate surface area is 721 Å². The van der Waals surface area contributed by atoms with E-state index in [1.54, 1.807) is 130 Å². The van der Waals surface area contributed by atoms with E-state index in [1.165, 1.54) is 49.3 Å². The summed E-state index contributed by atoms with van der Waals surface area (Å²) in [5.74, 6) is 0.315. The number of rotatable bonds is 36. The molecule has 0 radical (unpaired) electrons. The number of H-pyrrole nitrogens is 3. The minimum atomic E-state index is -3.93. The largest absolute Gasteiger partial charge is 0.424 e. The van der Waals surface area contributed by atoms with Crippen molar-refractivity contribution in [1.82, 2.24) is 58.6 Å². The Morgan fingerprint density at radius 3 is 1.06 bits per heavy atom. The van der Waals surface area contributed by atoms with E-state index in [9.17, 15) is 36.9 Å². The third-order valence-corrected chi connectivity index (χ3v) is 23.1. The molecule has 3 unspecified atom stereocenters. The number of benzene rings is 6. The molecule has 0 amide bonds. The molecule has 12 aromatic rings. The molecule has 0 saturated carbocycles. The van der Waals surface area contributed by atoms with Crippen molar-refractivity contribution in [3.63, 3.8) is 0 Å². The maximum Gasteiger partial charge on any atom is 0.356 e. The number of aromatic amines is 3. The predicted octanol–water partition coefficient (Wildman–Crippen LogP) is 15.2. The topological polar surface area (TPSA) is 458 Å². The average Bonchev–Trinajstić information content (AvgIpc) is 1.67. The molecule has 0 saturated heterocycles. The third-order valence-electron chi connectivity index (χ3n) is 17.6. The van der Waals surface area contributed by atoms with E-state index in [0.717, 1.165) is 0 Å². The highest BCUT2D eigenvalue weighted by atomic mass is 35.5. The molecule has 45 heteroatoms. The minimum Gasteiger partial charge on any atom is -0.424 e. The molecule has 3 atom stereocenters.